The van der Waals surface area contributed by atoms with Gasteiger partial charge in [-0.2, -0.15) is 0 Å². The van der Waals surface area contributed by atoms with E-state index in [1.807, 2.05) is 0 Å². The van der Waals surface area contributed by atoms with Crippen LogP contribution in [0.4, 0.5) is 8.78 Å². The molecule has 7 heteroatoms. The summed E-state index contributed by atoms with van der Waals surface area (Å²) in [6.45, 7) is 0.257. The van der Waals surface area contributed by atoms with E-state index in [0.29, 0.717) is 26.3 Å². The Balaban J connectivity index is 1.55. The van der Waals surface area contributed by atoms with Gasteiger partial charge in [0.2, 0.25) is 0 Å². The highest BCUT2D eigenvalue weighted by atomic mass is 32.2. The minimum absolute atomic E-state index is 0.257. The van der Waals surface area contributed by atoms with E-state index in [-0.39, 0.29) is 24.1 Å². The molecule has 30 heavy (non-hydrogen) atoms. The topological polar surface area (TPSA) is 59.3 Å². The van der Waals surface area contributed by atoms with Crippen molar-refractivity contribution in [3.63, 3.8) is 0 Å². The quantitative estimate of drug-likeness (QED) is 0.451. The minimum Gasteiger partial charge on any atom is -0.422 e. The van der Waals surface area contributed by atoms with Crippen LogP contribution in [0.15, 0.2) is 91.8 Å². The van der Waals surface area contributed by atoms with Gasteiger partial charge in [0, 0.05) is 22.4 Å². The molecule has 1 aromatic heterocycles. The first-order valence-electron chi connectivity index (χ1n) is 9.02. The van der Waals surface area contributed by atoms with Crippen LogP contribution in [0.2, 0.25) is 0 Å². The highest BCUT2D eigenvalue weighted by molar-refractivity contribution is 7.99. The van der Waals surface area contributed by atoms with Crippen molar-refractivity contribution in [1.29, 1.82) is 0 Å². The molecule has 3 aromatic carbocycles. The summed E-state index contributed by atoms with van der Waals surface area (Å²) in [5.74, 6) is -1.00. The first-order chi connectivity index (χ1) is 14.5. The van der Waals surface area contributed by atoms with Gasteiger partial charge in [-0.3, -0.25) is 4.79 Å². The number of hydrogen-bond donors (Lipinski definition) is 1. The summed E-state index contributed by atoms with van der Waals surface area (Å²) in [6, 6.07) is 18.1. The Morgan fingerprint density at radius 3 is 2.27 bits per heavy atom. The Kier molecular flexibility index (Phi) is 5.63. The summed E-state index contributed by atoms with van der Waals surface area (Å²) in [4.78, 5) is 25.7. The molecule has 0 aliphatic heterocycles. The van der Waals surface area contributed by atoms with Crippen LogP contribution in [-0.2, 0) is 6.54 Å². The number of carbonyl (C=O) groups excluding carboxylic acids is 1. The van der Waals surface area contributed by atoms with Crippen molar-refractivity contribution in [3.05, 3.63) is 106 Å². The number of fused-ring (bicyclic) bond motifs is 1. The zero-order valence-corrected chi connectivity index (χ0v) is 16.3. The predicted molar refractivity (Wildman–Crippen MR) is 111 cm³/mol. The maximum atomic E-state index is 13.1. The van der Waals surface area contributed by atoms with Crippen molar-refractivity contribution in [1.82, 2.24) is 5.32 Å². The number of amides is 1. The van der Waals surface area contributed by atoms with E-state index in [4.69, 9.17) is 4.42 Å². The van der Waals surface area contributed by atoms with E-state index in [0.717, 1.165) is 17.3 Å². The molecule has 0 unspecified atom stereocenters. The van der Waals surface area contributed by atoms with Crippen molar-refractivity contribution >= 4 is 28.6 Å². The highest BCUT2D eigenvalue weighted by Crippen LogP contribution is 2.28. The van der Waals surface area contributed by atoms with Gasteiger partial charge >= 0.3 is 5.63 Å². The summed E-state index contributed by atoms with van der Waals surface area (Å²) in [5, 5.41) is 3.37. The maximum Gasteiger partial charge on any atom is 0.350 e. The summed E-state index contributed by atoms with van der Waals surface area (Å²) < 4.78 is 31.4. The van der Waals surface area contributed by atoms with Crippen LogP contribution >= 0.6 is 11.8 Å². The molecular formula is C23H15F2NO3S. The number of nitrogens with one attached hydrogen (secondary N) is 1. The van der Waals surface area contributed by atoms with Crippen molar-refractivity contribution in [2.75, 3.05) is 0 Å². The number of halogens is 2. The molecule has 0 saturated carbocycles. The van der Waals surface area contributed by atoms with Crippen LogP contribution in [0.5, 0.6) is 0 Å². The number of benzene rings is 3. The number of hydrogen-bond acceptors (Lipinski definition) is 4. The monoisotopic (exact) mass is 423 g/mol. The van der Waals surface area contributed by atoms with Gasteiger partial charge in [-0.15, -0.1) is 0 Å². The fourth-order valence-electron chi connectivity index (χ4n) is 2.83. The molecule has 4 aromatic rings. The Morgan fingerprint density at radius 2 is 1.57 bits per heavy atom. The number of carbonyl (C=O) groups is 1. The van der Waals surface area contributed by atoms with Crippen LogP contribution < -0.4 is 10.9 Å². The van der Waals surface area contributed by atoms with Crippen LogP contribution in [0.3, 0.4) is 0 Å². The van der Waals surface area contributed by atoms with E-state index in [1.54, 1.807) is 48.5 Å². The minimum atomic E-state index is -0.509. The van der Waals surface area contributed by atoms with Gasteiger partial charge in [0.25, 0.3) is 5.91 Å². The molecule has 0 fully saturated rings. The van der Waals surface area contributed by atoms with Crippen LogP contribution in [0.25, 0.3) is 11.0 Å². The Bertz CT molecular complexity index is 1270. The molecule has 0 saturated heterocycles. The molecule has 4 nitrogen and oxygen atoms in total. The van der Waals surface area contributed by atoms with Gasteiger partial charge in [0.15, 0.2) is 0 Å². The lowest BCUT2D eigenvalue weighted by atomic mass is 10.1. The van der Waals surface area contributed by atoms with Crippen molar-refractivity contribution < 1.29 is 18.0 Å². The van der Waals surface area contributed by atoms with Crippen LogP contribution in [-0.4, -0.2) is 5.91 Å². The average Bonchev–Trinajstić information content (AvgIpc) is 2.75. The van der Waals surface area contributed by atoms with Crippen molar-refractivity contribution in [2.45, 2.75) is 16.3 Å². The third kappa shape index (κ3) is 4.58. The lowest BCUT2D eigenvalue weighted by Crippen LogP contribution is -2.22. The molecule has 150 valence electrons. The first kappa shape index (κ1) is 19.8. The zero-order chi connectivity index (χ0) is 21.1. The SMILES string of the molecule is O=C(NCc1ccc(F)cc1)c1ccc2oc(=O)c(Sc3ccc(F)cc3)cc2c1. The summed E-state index contributed by atoms with van der Waals surface area (Å²) in [5.41, 5.74) is 1.02. The van der Waals surface area contributed by atoms with Gasteiger partial charge in [0.1, 0.15) is 17.2 Å². The summed E-state index contributed by atoms with van der Waals surface area (Å²) in [7, 11) is 0. The zero-order valence-electron chi connectivity index (χ0n) is 15.5. The third-order valence-corrected chi connectivity index (χ3v) is 5.38. The van der Waals surface area contributed by atoms with E-state index in [1.165, 1.54) is 24.3 Å². The molecule has 4 rings (SSSR count). The molecule has 0 bridgehead atoms. The molecule has 0 spiro atoms. The maximum absolute atomic E-state index is 13.1. The fraction of sp³-hybridized carbons (Fsp3) is 0.0435. The molecule has 0 atom stereocenters. The van der Waals surface area contributed by atoms with E-state index < -0.39 is 5.63 Å². The number of rotatable bonds is 5. The van der Waals surface area contributed by atoms with Gasteiger partial charge < -0.3 is 9.73 Å². The third-order valence-electron chi connectivity index (χ3n) is 4.37. The van der Waals surface area contributed by atoms with Gasteiger partial charge in [-0.05, 0) is 66.2 Å². The van der Waals surface area contributed by atoms with Crippen molar-refractivity contribution in [3.8, 4) is 0 Å². The lowest BCUT2D eigenvalue weighted by molar-refractivity contribution is 0.0951. The molecule has 0 aliphatic rings. The Labute approximate surface area is 174 Å². The van der Waals surface area contributed by atoms with E-state index in [9.17, 15) is 18.4 Å². The van der Waals surface area contributed by atoms with Gasteiger partial charge in [-0.1, -0.05) is 23.9 Å². The lowest BCUT2D eigenvalue weighted by Gasteiger charge is -2.07. The molecule has 0 aliphatic carbocycles. The van der Waals surface area contributed by atoms with Gasteiger partial charge in [-0.25, -0.2) is 13.6 Å². The van der Waals surface area contributed by atoms with Crippen LogP contribution in [0, 0.1) is 11.6 Å². The standard InChI is InChI=1S/C23H15F2NO3S/c24-17-4-1-14(2-5-17)13-26-22(27)15-3-10-20-16(11-15)12-21(23(28)29-20)30-19-8-6-18(25)7-9-19/h1-12H,13H2,(H,26,27). The molecule has 1 N–H and O–H groups in total. The van der Waals surface area contributed by atoms with E-state index in [2.05, 4.69) is 5.32 Å². The first-order valence-corrected chi connectivity index (χ1v) is 9.83. The molecule has 1 amide bonds. The molecule has 1 heterocycles. The smallest absolute Gasteiger partial charge is 0.350 e. The second-order valence-electron chi connectivity index (χ2n) is 6.52. The molecular weight excluding hydrogens is 408 g/mol. The second kappa shape index (κ2) is 8.51. The fourth-order valence-corrected chi connectivity index (χ4v) is 3.67. The second-order valence-corrected chi connectivity index (χ2v) is 7.63. The average molecular weight is 423 g/mol. The molecule has 0 radical (unpaired) electrons. The highest BCUT2D eigenvalue weighted by Gasteiger charge is 2.11. The van der Waals surface area contributed by atoms with Gasteiger partial charge in [0.05, 0.1) is 4.90 Å². The Hall–Kier alpha value is -3.45. The summed E-state index contributed by atoms with van der Waals surface area (Å²) >= 11 is 1.16. The normalized spacial score (nSPS) is 10.9. The Morgan fingerprint density at radius 1 is 0.900 bits per heavy atom. The predicted octanol–water partition coefficient (Wildman–Crippen LogP) is 5.15. The largest absolute Gasteiger partial charge is 0.422 e. The van der Waals surface area contributed by atoms with E-state index >= 15 is 0 Å². The van der Waals surface area contributed by atoms with Crippen molar-refractivity contribution in [2.24, 2.45) is 0 Å². The van der Waals surface area contributed by atoms with Crippen LogP contribution in [0.1, 0.15) is 15.9 Å². The summed E-state index contributed by atoms with van der Waals surface area (Å²) in [6.07, 6.45) is 0.